The second kappa shape index (κ2) is 4.07. The van der Waals surface area contributed by atoms with Crippen LogP contribution in [0.25, 0.3) is 11.0 Å². The SMILES string of the molecule is Nc1ccc(Oc2cccc3occc23)c(F)c1. The van der Waals surface area contributed by atoms with Crippen molar-refractivity contribution in [2.75, 3.05) is 5.73 Å². The van der Waals surface area contributed by atoms with E-state index in [9.17, 15) is 4.39 Å². The van der Waals surface area contributed by atoms with Gasteiger partial charge in [0.15, 0.2) is 11.6 Å². The predicted octanol–water partition coefficient (Wildman–Crippen LogP) is 3.95. The van der Waals surface area contributed by atoms with Crippen LogP contribution >= 0.6 is 0 Å². The summed E-state index contributed by atoms with van der Waals surface area (Å²) in [6, 6.07) is 11.5. The Labute approximate surface area is 103 Å². The molecule has 0 saturated heterocycles. The van der Waals surface area contributed by atoms with E-state index in [1.165, 1.54) is 12.1 Å². The molecule has 0 atom stereocenters. The van der Waals surface area contributed by atoms with Crippen LogP contribution in [-0.2, 0) is 0 Å². The standard InChI is InChI=1S/C14H10FNO2/c15-11-8-9(16)4-5-14(11)18-13-3-1-2-12-10(13)6-7-17-12/h1-8H,16H2. The number of anilines is 1. The van der Waals surface area contributed by atoms with Gasteiger partial charge in [-0.2, -0.15) is 0 Å². The number of furan rings is 1. The van der Waals surface area contributed by atoms with Crippen molar-refractivity contribution in [2.24, 2.45) is 0 Å². The fraction of sp³-hybridized carbons (Fsp3) is 0. The van der Waals surface area contributed by atoms with Gasteiger partial charge in [-0.05, 0) is 30.3 Å². The highest BCUT2D eigenvalue weighted by Gasteiger charge is 2.09. The van der Waals surface area contributed by atoms with Gasteiger partial charge in [0.2, 0.25) is 0 Å². The summed E-state index contributed by atoms with van der Waals surface area (Å²) in [6.45, 7) is 0. The molecule has 4 heteroatoms. The highest BCUT2D eigenvalue weighted by molar-refractivity contribution is 5.84. The molecule has 2 N–H and O–H groups in total. The van der Waals surface area contributed by atoms with E-state index in [1.54, 1.807) is 30.5 Å². The fourth-order valence-corrected chi connectivity index (χ4v) is 1.77. The molecule has 0 spiro atoms. The first kappa shape index (κ1) is 10.7. The van der Waals surface area contributed by atoms with E-state index in [2.05, 4.69) is 0 Å². The van der Waals surface area contributed by atoms with Crippen LogP contribution in [0.3, 0.4) is 0 Å². The minimum atomic E-state index is -0.490. The second-order valence-corrected chi connectivity index (χ2v) is 3.88. The van der Waals surface area contributed by atoms with Gasteiger partial charge in [0, 0.05) is 11.8 Å². The van der Waals surface area contributed by atoms with E-state index in [-0.39, 0.29) is 5.75 Å². The molecule has 0 unspecified atom stereocenters. The van der Waals surface area contributed by atoms with E-state index in [0.29, 0.717) is 17.0 Å². The van der Waals surface area contributed by atoms with Crippen LogP contribution in [0.5, 0.6) is 11.5 Å². The Morgan fingerprint density at radius 2 is 1.94 bits per heavy atom. The Morgan fingerprint density at radius 3 is 2.78 bits per heavy atom. The molecule has 0 fully saturated rings. The molecule has 0 radical (unpaired) electrons. The van der Waals surface area contributed by atoms with Crippen LogP contribution < -0.4 is 10.5 Å². The van der Waals surface area contributed by atoms with Crippen LogP contribution in [-0.4, -0.2) is 0 Å². The van der Waals surface area contributed by atoms with Gasteiger partial charge in [-0.15, -0.1) is 0 Å². The Hall–Kier alpha value is -2.49. The van der Waals surface area contributed by atoms with Crippen LogP contribution in [0.4, 0.5) is 10.1 Å². The number of nitrogens with two attached hydrogens (primary N) is 1. The van der Waals surface area contributed by atoms with Gasteiger partial charge >= 0.3 is 0 Å². The number of hydrogen-bond acceptors (Lipinski definition) is 3. The molecule has 0 aliphatic heterocycles. The summed E-state index contributed by atoms with van der Waals surface area (Å²) >= 11 is 0. The fourth-order valence-electron chi connectivity index (χ4n) is 1.77. The quantitative estimate of drug-likeness (QED) is 0.693. The van der Waals surface area contributed by atoms with Gasteiger partial charge in [0.05, 0.1) is 11.6 Å². The third-order valence-corrected chi connectivity index (χ3v) is 2.63. The zero-order chi connectivity index (χ0) is 12.5. The summed E-state index contributed by atoms with van der Waals surface area (Å²) in [5, 5.41) is 0.800. The lowest BCUT2D eigenvalue weighted by Gasteiger charge is -2.07. The van der Waals surface area contributed by atoms with Crippen molar-refractivity contribution in [1.29, 1.82) is 0 Å². The minimum absolute atomic E-state index is 0.137. The van der Waals surface area contributed by atoms with Crippen LogP contribution in [0.2, 0.25) is 0 Å². The first-order valence-corrected chi connectivity index (χ1v) is 5.43. The first-order valence-electron chi connectivity index (χ1n) is 5.43. The number of nitrogen functional groups attached to an aromatic ring is 1. The van der Waals surface area contributed by atoms with E-state index in [0.717, 1.165) is 5.39 Å². The van der Waals surface area contributed by atoms with Crippen molar-refractivity contribution in [2.45, 2.75) is 0 Å². The number of ether oxygens (including phenoxy) is 1. The summed E-state index contributed by atoms with van der Waals surface area (Å²) in [4.78, 5) is 0. The number of halogens is 1. The number of hydrogen-bond donors (Lipinski definition) is 1. The molecule has 90 valence electrons. The van der Waals surface area contributed by atoms with E-state index >= 15 is 0 Å². The van der Waals surface area contributed by atoms with Crippen LogP contribution in [0, 0.1) is 5.82 Å². The number of rotatable bonds is 2. The Morgan fingerprint density at radius 1 is 1.06 bits per heavy atom. The molecular weight excluding hydrogens is 233 g/mol. The normalized spacial score (nSPS) is 10.7. The molecule has 3 aromatic rings. The molecule has 0 saturated carbocycles. The molecule has 0 amide bonds. The lowest BCUT2D eigenvalue weighted by molar-refractivity contribution is 0.446. The van der Waals surface area contributed by atoms with E-state index in [1.807, 2.05) is 6.07 Å². The van der Waals surface area contributed by atoms with Crippen molar-refractivity contribution >= 4 is 16.7 Å². The van der Waals surface area contributed by atoms with E-state index in [4.69, 9.17) is 14.9 Å². The molecule has 18 heavy (non-hydrogen) atoms. The highest BCUT2D eigenvalue weighted by atomic mass is 19.1. The molecule has 0 aliphatic rings. The summed E-state index contributed by atoms with van der Waals surface area (Å²) in [6.07, 6.45) is 1.57. The van der Waals surface area contributed by atoms with Crippen molar-refractivity contribution in [3.8, 4) is 11.5 Å². The molecule has 0 bridgehead atoms. The Balaban J connectivity index is 2.03. The molecule has 1 aromatic heterocycles. The maximum Gasteiger partial charge on any atom is 0.167 e. The third kappa shape index (κ3) is 1.78. The summed E-state index contributed by atoms with van der Waals surface area (Å²) in [5.74, 6) is 0.193. The lowest BCUT2D eigenvalue weighted by atomic mass is 10.2. The largest absolute Gasteiger partial charge is 0.464 e. The Bertz CT molecular complexity index is 706. The van der Waals surface area contributed by atoms with Crippen molar-refractivity contribution in [1.82, 2.24) is 0 Å². The maximum atomic E-state index is 13.6. The van der Waals surface area contributed by atoms with Crippen molar-refractivity contribution in [3.63, 3.8) is 0 Å². The lowest BCUT2D eigenvalue weighted by Crippen LogP contribution is -1.91. The minimum Gasteiger partial charge on any atom is -0.464 e. The number of benzene rings is 2. The topological polar surface area (TPSA) is 48.4 Å². The molecular formula is C14H10FNO2. The maximum absolute atomic E-state index is 13.6. The average molecular weight is 243 g/mol. The Kier molecular flexibility index (Phi) is 2.41. The summed E-state index contributed by atoms with van der Waals surface area (Å²) < 4.78 is 24.4. The van der Waals surface area contributed by atoms with E-state index < -0.39 is 5.82 Å². The third-order valence-electron chi connectivity index (χ3n) is 2.63. The van der Waals surface area contributed by atoms with Crippen molar-refractivity contribution in [3.05, 3.63) is 54.5 Å². The van der Waals surface area contributed by atoms with Crippen LogP contribution in [0.1, 0.15) is 0 Å². The molecule has 3 rings (SSSR count). The van der Waals surface area contributed by atoms with Gasteiger partial charge < -0.3 is 14.9 Å². The molecule has 0 aliphatic carbocycles. The van der Waals surface area contributed by atoms with Gasteiger partial charge in [0.1, 0.15) is 11.3 Å². The van der Waals surface area contributed by atoms with Gasteiger partial charge in [-0.25, -0.2) is 4.39 Å². The monoisotopic (exact) mass is 243 g/mol. The van der Waals surface area contributed by atoms with Crippen LogP contribution in [0.15, 0.2) is 53.1 Å². The first-order chi connectivity index (χ1) is 8.74. The second-order valence-electron chi connectivity index (χ2n) is 3.88. The smallest absolute Gasteiger partial charge is 0.167 e. The zero-order valence-electron chi connectivity index (χ0n) is 9.39. The molecule has 1 heterocycles. The molecule has 2 aromatic carbocycles. The van der Waals surface area contributed by atoms with Gasteiger partial charge in [-0.1, -0.05) is 6.07 Å². The summed E-state index contributed by atoms with van der Waals surface area (Å²) in [7, 11) is 0. The molecule has 3 nitrogen and oxygen atoms in total. The summed E-state index contributed by atoms with van der Waals surface area (Å²) in [5.41, 5.74) is 6.54. The number of fused-ring (bicyclic) bond motifs is 1. The predicted molar refractivity (Wildman–Crippen MR) is 67.1 cm³/mol. The van der Waals surface area contributed by atoms with Gasteiger partial charge in [0.25, 0.3) is 0 Å². The van der Waals surface area contributed by atoms with Gasteiger partial charge in [-0.3, -0.25) is 0 Å². The highest BCUT2D eigenvalue weighted by Crippen LogP contribution is 2.32. The van der Waals surface area contributed by atoms with Crippen molar-refractivity contribution < 1.29 is 13.5 Å². The average Bonchev–Trinajstić information content (AvgIpc) is 2.82. The zero-order valence-corrected chi connectivity index (χ0v) is 9.39.